The molecule has 0 spiro atoms. The lowest BCUT2D eigenvalue weighted by molar-refractivity contribution is 0.0958. The predicted octanol–water partition coefficient (Wildman–Crippen LogP) is -0.188. The molecule has 0 aliphatic carbocycles. The maximum atomic E-state index is 11.1. The van der Waals surface area contributed by atoms with Gasteiger partial charge >= 0.3 is 0 Å². The third kappa shape index (κ3) is 2.70. The lowest BCUT2D eigenvalue weighted by Gasteiger charge is -2.04. The number of amides is 1. The molecule has 0 aliphatic heterocycles. The van der Waals surface area contributed by atoms with Crippen molar-refractivity contribution in [1.29, 1.82) is 0 Å². The quantitative estimate of drug-likeness (QED) is 0.620. The minimum atomic E-state index is -0.185. The van der Waals surface area contributed by atoms with Gasteiger partial charge in [-0.2, -0.15) is 0 Å². The van der Waals surface area contributed by atoms with Gasteiger partial charge in [0.15, 0.2) is 0 Å². The van der Waals surface area contributed by atoms with Crippen LogP contribution in [0.3, 0.4) is 0 Å². The summed E-state index contributed by atoms with van der Waals surface area (Å²) >= 11 is 0. The molecule has 14 heavy (non-hydrogen) atoms. The number of carbonyl (C=O) groups excluding carboxylic acids is 1. The van der Waals surface area contributed by atoms with Crippen LogP contribution in [0.25, 0.3) is 0 Å². The van der Waals surface area contributed by atoms with Crippen molar-refractivity contribution in [2.24, 2.45) is 5.73 Å². The number of nitrogens with one attached hydrogen (secondary N) is 2. The highest BCUT2D eigenvalue weighted by Crippen LogP contribution is 2.04. The molecule has 4 N–H and O–H groups in total. The third-order valence-electron chi connectivity index (χ3n) is 1.70. The molecule has 0 unspecified atom stereocenters. The number of rotatable bonds is 4. The van der Waals surface area contributed by atoms with Crippen LogP contribution < -0.4 is 16.4 Å². The van der Waals surface area contributed by atoms with E-state index in [9.17, 15) is 4.79 Å². The van der Waals surface area contributed by atoms with Crippen molar-refractivity contribution in [3.05, 3.63) is 24.0 Å². The molecule has 0 bridgehead atoms. The summed E-state index contributed by atoms with van der Waals surface area (Å²) in [4.78, 5) is 15.1. The van der Waals surface area contributed by atoms with Gasteiger partial charge in [-0.1, -0.05) is 0 Å². The molecule has 0 saturated carbocycles. The highest BCUT2D eigenvalue weighted by atomic mass is 16.1. The zero-order chi connectivity index (χ0) is 10.4. The first kappa shape index (κ1) is 10.5. The van der Waals surface area contributed by atoms with Gasteiger partial charge in [0.1, 0.15) is 5.69 Å². The number of aromatic nitrogens is 1. The van der Waals surface area contributed by atoms with E-state index in [0.717, 1.165) is 5.69 Å². The van der Waals surface area contributed by atoms with Crippen LogP contribution in [0.5, 0.6) is 0 Å². The molecule has 1 aromatic rings. The van der Waals surface area contributed by atoms with Gasteiger partial charge in [-0.05, 0) is 12.1 Å². The first-order chi connectivity index (χ1) is 6.77. The van der Waals surface area contributed by atoms with E-state index < -0.39 is 0 Å². The van der Waals surface area contributed by atoms with Gasteiger partial charge in [-0.25, -0.2) is 4.98 Å². The smallest absolute Gasteiger partial charge is 0.269 e. The van der Waals surface area contributed by atoms with Crippen molar-refractivity contribution in [1.82, 2.24) is 10.3 Å². The Labute approximate surface area is 82.7 Å². The fraction of sp³-hybridized carbons (Fsp3) is 0.333. The summed E-state index contributed by atoms with van der Waals surface area (Å²) in [5.41, 5.74) is 6.60. The average molecular weight is 194 g/mol. The van der Waals surface area contributed by atoms with Gasteiger partial charge in [0.05, 0.1) is 11.9 Å². The minimum Gasteiger partial charge on any atom is -0.383 e. The Balaban J connectivity index is 2.63. The second kappa shape index (κ2) is 5.18. The van der Waals surface area contributed by atoms with Gasteiger partial charge in [-0.3, -0.25) is 4.79 Å². The van der Waals surface area contributed by atoms with Crippen molar-refractivity contribution in [2.75, 3.05) is 25.5 Å². The van der Waals surface area contributed by atoms with E-state index in [4.69, 9.17) is 5.73 Å². The zero-order valence-corrected chi connectivity index (χ0v) is 8.08. The van der Waals surface area contributed by atoms with Crippen LogP contribution >= 0.6 is 0 Å². The first-order valence-electron chi connectivity index (χ1n) is 4.40. The van der Waals surface area contributed by atoms with Gasteiger partial charge < -0.3 is 16.4 Å². The van der Waals surface area contributed by atoms with Crippen LogP contribution in [0.2, 0.25) is 0 Å². The van der Waals surface area contributed by atoms with Gasteiger partial charge in [-0.15, -0.1) is 0 Å². The van der Waals surface area contributed by atoms with Crippen LogP contribution in [-0.4, -0.2) is 31.0 Å². The van der Waals surface area contributed by atoms with E-state index in [-0.39, 0.29) is 5.91 Å². The molecule has 1 heterocycles. The molecule has 1 aromatic heterocycles. The van der Waals surface area contributed by atoms with Crippen LogP contribution in [0.4, 0.5) is 5.69 Å². The SMILES string of the molecule is CNC(=O)c1ccc(NCCN)cn1. The van der Waals surface area contributed by atoms with E-state index in [1.165, 1.54) is 0 Å². The first-order valence-corrected chi connectivity index (χ1v) is 4.40. The number of carbonyl (C=O) groups is 1. The number of hydrogen-bond donors (Lipinski definition) is 3. The zero-order valence-electron chi connectivity index (χ0n) is 8.08. The lowest BCUT2D eigenvalue weighted by atomic mass is 10.3. The van der Waals surface area contributed by atoms with Crippen LogP contribution in [0, 0.1) is 0 Å². The van der Waals surface area contributed by atoms with Crippen molar-refractivity contribution in [3.63, 3.8) is 0 Å². The molecule has 0 aliphatic rings. The van der Waals surface area contributed by atoms with E-state index in [0.29, 0.717) is 18.8 Å². The summed E-state index contributed by atoms with van der Waals surface area (Å²) in [5, 5.41) is 5.56. The molecule has 1 amide bonds. The predicted molar refractivity (Wildman–Crippen MR) is 55.2 cm³/mol. The van der Waals surface area contributed by atoms with Crippen LogP contribution in [0.1, 0.15) is 10.5 Å². The maximum Gasteiger partial charge on any atom is 0.269 e. The molecule has 76 valence electrons. The normalized spacial score (nSPS) is 9.57. The van der Waals surface area contributed by atoms with Gasteiger partial charge in [0.2, 0.25) is 0 Å². The molecule has 0 aromatic carbocycles. The van der Waals surface area contributed by atoms with Crippen molar-refractivity contribution in [2.45, 2.75) is 0 Å². The fourth-order valence-electron chi connectivity index (χ4n) is 0.977. The summed E-state index contributed by atoms with van der Waals surface area (Å²) in [6, 6.07) is 3.46. The highest BCUT2D eigenvalue weighted by molar-refractivity contribution is 5.92. The Morgan fingerprint density at radius 2 is 2.36 bits per heavy atom. The average Bonchev–Trinajstić information content (AvgIpc) is 2.26. The second-order valence-corrected chi connectivity index (χ2v) is 2.73. The largest absolute Gasteiger partial charge is 0.383 e. The summed E-state index contributed by atoms with van der Waals surface area (Å²) in [6.45, 7) is 1.26. The second-order valence-electron chi connectivity index (χ2n) is 2.73. The maximum absolute atomic E-state index is 11.1. The highest BCUT2D eigenvalue weighted by Gasteiger charge is 2.02. The fourth-order valence-corrected chi connectivity index (χ4v) is 0.977. The molecular formula is C9H14N4O. The summed E-state index contributed by atoms with van der Waals surface area (Å²) in [5.74, 6) is -0.185. The monoisotopic (exact) mass is 194 g/mol. The Bertz CT molecular complexity index is 296. The van der Waals surface area contributed by atoms with E-state index >= 15 is 0 Å². The minimum absolute atomic E-state index is 0.185. The number of nitrogens with zero attached hydrogens (tertiary/aromatic N) is 1. The lowest BCUT2D eigenvalue weighted by Crippen LogP contribution is -2.19. The molecule has 5 heteroatoms. The van der Waals surface area contributed by atoms with Gasteiger partial charge in [0.25, 0.3) is 5.91 Å². The number of anilines is 1. The van der Waals surface area contributed by atoms with E-state index in [1.54, 1.807) is 25.4 Å². The molecule has 0 fully saturated rings. The summed E-state index contributed by atoms with van der Waals surface area (Å²) < 4.78 is 0. The summed E-state index contributed by atoms with van der Waals surface area (Å²) in [6.07, 6.45) is 1.61. The van der Waals surface area contributed by atoms with Crippen molar-refractivity contribution in [3.8, 4) is 0 Å². The van der Waals surface area contributed by atoms with Crippen molar-refractivity contribution < 1.29 is 4.79 Å². The van der Waals surface area contributed by atoms with Crippen LogP contribution in [-0.2, 0) is 0 Å². The number of hydrogen-bond acceptors (Lipinski definition) is 4. The molecule has 0 radical (unpaired) electrons. The molecule has 0 saturated heterocycles. The van der Waals surface area contributed by atoms with E-state index in [1.807, 2.05) is 0 Å². The van der Waals surface area contributed by atoms with Gasteiger partial charge in [0, 0.05) is 20.1 Å². The molecule has 5 nitrogen and oxygen atoms in total. The Hall–Kier alpha value is -1.62. The summed E-state index contributed by atoms with van der Waals surface area (Å²) in [7, 11) is 1.57. The number of pyridine rings is 1. The van der Waals surface area contributed by atoms with Crippen LogP contribution in [0.15, 0.2) is 18.3 Å². The standard InChI is InChI=1S/C9H14N4O/c1-11-9(14)8-3-2-7(6-13-8)12-5-4-10/h2-3,6,12H,4-5,10H2,1H3,(H,11,14). The molecule has 1 rings (SSSR count). The Kier molecular flexibility index (Phi) is 3.87. The Morgan fingerprint density at radius 3 is 2.86 bits per heavy atom. The topological polar surface area (TPSA) is 80.0 Å². The molecular weight excluding hydrogens is 180 g/mol. The number of nitrogens with two attached hydrogens (primary N) is 1. The van der Waals surface area contributed by atoms with Crippen molar-refractivity contribution >= 4 is 11.6 Å². The third-order valence-corrected chi connectivity index (χ3v) is 1.70. The molecule has 0 atom stereocenters. The van der Waals surface area contributed by atoms with E-state index in [2.05, 4.69) is 15.6 Å². The Morgan fingerprint density at radius 1 is 1.57 bits per heavy atom.